The first kappa shape index (κ1) is 24.8. The average molecular weight is 511 g/mol. The Bertz CT molecular complexity index is 1340. The fraction of sp³-hybridized carbons (Fsp3) is 0.385. The van der Waals surface area contributed by atoms with E-state index in [4.69, 9.17) is 10.5 Å². The SMILES string of the molecule is CN(C)CC1CCCN1c1cc(OC(F)F)c(NC2N=CC=C(c3cn(C)c4cccnc34)N2)cc1N. The minimum absolute atomic E-state index is 0.0228. The van der Waals surface area contributed by atoms with E-state index < -0.39 is 12.9 Å². The molecule has 9 nitrogen and oxygen atoms in total. The lowest BCUT2D eigenvalue weighted by molar-refractivity contribution is -0.0493. The smallest absolute Gasteiger partial charge is 0.387 e. The van der Waals surface area contributed by atoms with Crippen LogP contribution < -0.4 is 26.0 Å². The van der Waals surface area contributed by atoms with Crippen molar-refractivity contribution in [1.82, 2.24) is 19.8 Å². The number of aromatic nitrogens is 2. The molecular formula is C26H32F2N8O. The lowest BCUT2D eigenvalue weighted by Gasteiger charge is -2.31. The number of nitrogens with one attached hydrogen (secondary N) is 2. The van der Waals surface area contributed by atoms with Crippen molar-refractivity contribution in [3.05, 3.63) is 48.3 Å². The summed E-state index contributed by atoms with van der Waals surface area (Å²) in [5, 5.41) is 6.49. The van der Waals surface area contributed by atoms with Crippen molar-refractivity contribution in [3.63, 3.8) is 0 Å². The number of halogens is 2. The van der Waals surface area contributed by atoms with Crippen LogP contribution in [-0.4, -0.2) is 66.8 Å². The maximum absolute atomic E-state index is 13.4. The molecule has 5 rings (SSSR count). The number of allylic oxidation sites excluding steroid dienone is 1. The normalized spacial score (nSPS) is 19.5. The lowest BCUT2D eigenvalue weighted by Crippen LogP contribution is -2.38. The zero-order chi connectivity index (χ0) is 26.1. The molecule has 1 aromatic carbocycles. The minimum atomic E-state index is -2.98. The van der Waals surface area contributed by atoms with Gasteiger partial charge in [-0.25, -0.2) is 4.99 Å². The maximum Gasteiger partial charge on any atom is 0.387 e. The first-order chi connectivity index (χ1) is 17.8. The predicted molar refractivity (Wildman–Crippen MR) is 144 cm³/mol. The number of pyridine rings is 1. The van der Waals surface area contributed by atoms with Gasteiger partial charge >= 0.3 is 6.61 Å². The summed E-state index contributed by atoms with van der Waals surface area (Å²) >= 11 is 0. The van der Waals surface area contributed by atoms with E-state index >= 15 is 0 Å². The molecule has 196 valence electrons. The van der Waals surface area contributed by atoms with Crippen LogP contribution in [0.5, 0.6) is 5.75 Å². The van der Waals surface area contributed by atoms with E-state index in [1.54, 1.807) is 24.5 Å². The van der Waals surface area contributed by atoms with E-state index in [9.17, 15) is 8.78 Å². The molecule has 4 N–H and O–H groups in total. The van der Waals surface area contributed by atoms with Crippen molar-refractivity contribution in [2.75, 3.05) is 43.1 Å². The minimum Gasteiger partial charge on any atom is -0.433 e. The molecule has 2 atom stereocenters. The van der Waals surface area contributed by atoms with Crippen LogP contribution in [0, 0.1) is 0 Å². The standard InChI is InChI=1S/C26H32F2N8O/c1-34(2)14-16-6-5-11-36(16)22-13-23(37-25(27)28)20(12-18(22)29)33-26-31-10-8-19(32-26)17-15-35(3)21-7-4-9-30-24(17)21/h4,7-10,12-13,15-16,25-26,32-33H,5-6,11,14,29H2,1-3H3. The Balaban J connectivity index is 1.40. The third kappa shape index (κ3) is 5.17. The van der Waals surface area contributed by atoms with Gasteiger partial charge in [0.25, 0.3) is 0 Å². The molecule has 1 saturated heterocycles. The second-order valence-corrected chi connectivity index (χ2v) is 9.63. The Kier molecular flexibility index (Phi) is 6.88. The Morgan fingerprint density at radius 2 is 2.16 bits per heavy atom. The highest BCUT2D eigenvalue weighted by Gasteiger charge is 2.28. The summed E-state index contributed by atoms with van der Waals surface area (Å²) in [6.07, 6.45) is 8.67. The van der Waals surface area contributed by atoms with Gasteiger partial charge in [0.05, 0.1) is 28.1 Å². The van der Waals surface area contributed by atoms with Crippen LogP contribution in [-0.2, 0) is 7.05 Å². The first-order valence-corrected chi connectivity index (χ1v) is 12.3. The molecule has 2 unspecified atom stereocenters. The molecule has 2 aliphatic rings. The monoisotopic (exact) mass is 510 g/mol. The van der Waals surface area contributed by atoms with Gasteiger partial charge in [0.2, 0.25) is 0 Å². The predicted octanol–water partition coefficient (Wildman–Crippen LogP) is 3.70. The Morgan fingerprint density at radius 3 is 2.95 bits per heavy atom. The van der Waals surface area contributed by atoms with Gasteiger partial charge in [-0.15, -0.1) is 0 Å². The van der Waals surface area contributed by atoms with Gasteiger partial charge in [-0.3, -0.25) is 4.98 Å². The Morgan fingerprint density at radius 1 is 1.32 bits per heavy atom. The number of alkyl halides is 2. The fourth-order valence-electron chi connectivity index (χ4n) is 5.14. The molecule has 0 bridgehead atoms. The van der Waals surface area contributed by atoms with Crippen LogP contribution >= 0.6 is 0 Å². The van der Waals surface area contributed by atoms with Gasteiger partial charge in [-0.1, -0.05) is 0 Å². The molecule has 1 fully saturated rings. The van der Waals surface area contributed by atoms with Crippen molar-refractivity contribution in [3.8, 4) is 5.75 Å². The van der Waals surface area contributed by atoms with Crippen LogP contribution in [0.3, 0.4) is 0 Å². The number of fused-ring (bicyclic) bond motifs is 1. The van der Waals surface area contributed by atoms with Gasteiger partial charge in [-0.05, 0) is 51.2 Å². The summed E-state index contributed by atoms with van der Waals surface area (Å²) in [5.74, 6) is 0.0228. The number of ether oxygens (including phenoxy) is 1. The number of hydrogen-bond donors (Lipinski definition) is 3. The van der Waals surface area contributed by atoms with E-state index in [2.05, 4.69) is 30.4 Å². The topological polar surface area (TPSA) is 96.0 Å². The first-order valence-electron chi connectivity index (χ1n) is 12.3. The number of benzene rings is 1. The molecule has 3 aromatic rings. The summed E-state index contributed by atoms with van der Waals surface area (Å²) < 4.78 is 33.8. The molecule has 37 heavy (non-hydrogen) atoms. The van der Waals surface area contributed by atoms with E-state index in [0.29, 0.717) is 17.1 Å². The summed E-state index contributed by atoms with van der Waals surface area (Å²) in [7, 11) is 6.00. The number of anilines is 3. The number of likely N-dealkylation sites (N-methyl/N-ethyl adjacent to an activating group) is 1. The second kappa shape index (κ2) is 10.3. The van der Waals surface area contributed by atoms with Gasteiger partial charge in [0.1, 0.15) is 0 Å². The highest BCUT2D eigenvalue weighted by molar-refractivity contribution is 5.95. The van der Waals surface area contributed by atoms with E-state index in [1.165, 1.54) is 0 Å². The largest absolute Gasteiger partial charge is 0.433 e. The molecule has 0 amide bonds. The zero-order valence-electron chi connectivity index (χ0n) is 21.2. The van der Waals surface area contributed by atoms with E-state index in [0.717, 1.165) is 48.2 Å². The van der Waals surface area contributed by atoms with Gasteiger partial charge in [0.15, 0.2) is 12.0 Å². The van der Waals surface area contributed by atoms with Crippen molar-refractivity contribution in [2.24, 2.45) is 12.0 Å². The molecular weight excluding hydrogens is 478 g/mol. The highest BCUT2D eigenvalue weighted by atomic mass is 19.3. The summed E-state index contributed by atoms with van der Waals surface area (Å²) in [5.41, 5.74) is 11.6. The van der Waals surface area contributed by atoms with E-state index in [1.807, 2.05) is 50.1 Å². The molecule has 2 aromatic heterocycles. The Labute approximate surface area is 214 Å². The zero-order valence-corrected chi connectivity index (χ0v) is 21.2. The summed E-state index contributed by atoms with van der Waals surface area (Å²) in [6, 6.07) is 7.40. The van der Waals surface area contributed by atoms with Gasteiger partial charge in [-0.2, -0.15) is 8.78 Å². The van der Waals surface area contributed by atoms with Crippen LogP contribution in [0.25, 0.3) is 16.7 Å². The molecule has 11 heteroatoms. The quantitative estimate of drug-likeness (QED) is 0.398. The third-order valence-electron chi connectivity index (χ3n) is 6.70. The van der Waals surface area contributed by atoms with E-state index in [-0.39, 0.29) is 11.8 Å². The van der Waals surface area contributed by atoms with Crippen LogP contribution in [0.2, 0.25) is 0 Å². The molecule has 0 spiro atoms. The van der Waals surface area contributed by atoms with Crippen LogP contribution in [0.15, 0.2) is 47.7 Å². The van der Waals surface area contributed by atoms with Crippen LogP contribution in [0.1, 0.15) is 18.4 Å². The maximum atomic E-state index is 13.4. The van der Waals surface area contributed by atoms with Crippen molar-refractivity contribution in [2.45, 2.75) is 31.8 Å². The third-order valence-corrected chi connectivity index (χ3v) is 6.70. The number of nitrogens with zero attached hydrogens (tertiary/aromatic N) is 5. The van der Waals surface area contributed by atoms with Gasteiger partial charge in [0, 0.05) is 62.1 Å². The number of rotatable bonds is 8. The molecule has 2 aliphatic heterocycles. The number of aliphatic imine (C=N–C) groups is 1. The number of hydrogen-bond acceptors (Lipinski definition) is 8. The summed E-state index contributed by atoms with van der Waals surface area (Å²) in [6.45, 7) is -1.32. The summed E-state index contributed by atoms with van der Waals surface area (Å²) in [4.78, 5) is 13.3. The molecule has 0 radical (unpaired) electrons. The van der Waals surface area contributed by atoms with Crippen molar-refractivity contribution in [1.29, 1.82) is 0 Å². The lowest BCUT2D eigenvalue weighted by atomic mass is 10.1. The van der Waals surface area contributed by atoms with Crippen molar-refractivity contribution < 1.29 is 13.5 Å². The number of nitrogens with two attached hydrogens (primary N) is 1. The Hall–Kier alpha value is -3.86. The molecule has 4 heterocycles. The fourth-order valence-corrected chi connectivity index (χ4v) is 5.14. The molecule has 0 aliphatic carbocycles. The van der Waals surface area contributed by atoms with Crippen LogP contribution in [0.4, 0.5) is 25.8 Å². The van der Waals surface area contributed by atoms with Gasteiger partial charge < -0.3 is 35.5 Å². The number of nitrogen functional groups attached to an aromatic ring is 1. The number of aryl methyl sites for hydroxylation is 1. The molecule has 0 saturated carbocycles. The van der Waals surface area contributed by atoms with Crippen molar-refractivity contribution >= 4 is 40.0 Å². The second-order valence-electron chi connectivity index (χ2n) is 9.63. The average Bonchev–Trinajstić information content (AvgIpc) is 3.44. The highest BCUT2D eigenvalue weighted by Crippen LogP contribution is 2.39.